The number of rotatable bonds is 7. The summed E-state index contributed by atoms with van der Waals surface area (Å²) < 4.78 is 0. The van der Waals surface area contributed by atoms with Gasteiger partial charge in [0.2, 0.25) is 0 Å². The predicted molar refractivity (Wildman–Crippen MR) is 83.2 cm³/mol. The van der Waals surface area contributed by atoms with Gasteiger partial charge < -0.3 is 5.32 Å². The lowest BCUT2D eigenvalue weighted by molar-refractivity contribution is 0.358. The van der Waals surface area contributed by atoms with Gasteiger partial charge in [-0.3, -0.25) is 0 Å². The maximum Gasteiger partial charge on any atom is 0.0320 e. The summed E-state index contributed by atoms with van der Waals surface area (Å²) in [6, 6.07) is 11.5. The fourth-order valence-electron chi connectivity index (χ4n) is 3.30. The molecule has 0 radical (unpaired) electrons. The van der Waals surface area contributed by atoms with Gasteiger partial charge in [0.25, 0.3) is 0 Å². The third-order valence-corrected chi connectivity index (χ3v) is 4.71. The van der Waals surface area contributed by atoms with Gasteiger partial charge in [0.15, 0.2) is 0 Å². The maximum absolute atomic E-state index is 3.84. The van der Waals surface area contributed by atoms with Crippen LogP contribution >= 0.6 is 0 Å². The first-order chi connectivity index (χ1) is 9.31. The van der Waals surface area contributed by atoms with Crippen molar-refractivity contribution in [1.29, 1.82) is 0 Å². The van der Waals surface area contributed by atoms with E-state index in [-0.39, 0.29) is 0 Å². The van der Waals surface area contributed by atoms with E-state index in [4.69, 9.17) is 0 Å². The normalized spacial score (nSPS) is 24.5. The molecule has 1 aromatic carbocycles. The van der Waals surface area contributed by atoms with Crippen molar-refractivity contribution in [3.63, 3.8) is 0 Å². The second-order valence-electron chi connectivity index (χ2n) is 6.18. The van der Waals surface area contributed by atoms with E-state index in [1.54, 1.807) is 0 Å². The number of unbranched alkanes of at least 4 members (excludes halogenated alkanes) is 1. The van der Waals surface area contributed by atoms with Gasteiger partial charge in [-0.2, -0.15) is 0 Å². The number of hydrogen-bond acceptors (Lipinski definition) is 1. The van der Waals surface area contributed by atoms with Gasteiger partial charge in [0.05, 0.1) is 0 Å². The third-order valence-electron chi connectivity index (χ3n) is 4.71. The molecular weight excluding hydrogens is 230 g/mol. The van der Waals surface area contributed by atoms with Gasteiger partial charge in [-0.05, 0) is 36.8 Å². The minimum atomic E-state index is 0.550. The van der Waals surface area contributed by atoms with Crippen LogP contribution in [0.2, 0.25) is 0 Å². The average molecular weight is 259 g/mol. The quantitative estimate of drug-likeness (QED) is 0.731. The molecule has 0 saturated heterocycles. The van der Waals surface area contributed by atoms with Crippen LogP contribution in [0.25, 0.3) is 0 Å². The van der Waals surface area contributed by atoms with E-state index in [1.165, 1.54) is 50.6 Å². The highest BCUT2D eigenvalue weighted by Gasteiger charge is 2.23. The van der Waals surface area contributed by atoms with Crippen LogP contribution in [-0.2, 0) is 0 Å². The van der Waals surface area contributed by atoms with Crippen LogP contribution in [0.4, 0.5) is 0 Å². The largest absolute Gasteiger partial charge is 0.310 e. The van der Waals surface area contributed by atoms with E-state index < -0.39 is 0 Å². The van der Waals surface area contributed by atoms with E-state index >= 15 is 0 Å². The molecule has 3 unspecified atom stereocenters. The van der Waals surface area contributed by atoms with E-state index in [2.05, 4.69) is 49.5 Å². The van der Waals surface area contributed by atoms with Gasteiger partial charge >= 0.3 is 0 Å². The topological polar surface area (TPSA) is 12.0 Å². The van der Waals surface area contributed by atoms with Crippen molar-refractivity contribution in [2.45, 2.75) is 58.4 Å². The van der Waals surface area contributed by atoms with Gasteiger partial charge in [0.1, 0.15) is 0 Å². The Bertz CT molecular complexity index is 346. The first kappa shape index (κ1) is 14.6. The SMILES string of the molecule is CCCCC(NCC1CCCC1C)c1ccccc1. The van der Waals surface area contributed by atoms with Gasteiger partial charge in [-0.25, -0.2) is 0 Å². The van der Waals surface area contributed by atoms with Crippen molar-refractivity contribution in [2.75, 3.05) is 6.54 Å². The molecule has 1 nitrogen and oxygen atoms in total. The highest BCUT2D eigenvalue weighted by atomic mass is 14.9. The number of benzene rings is 1. The molecule has 0 heterocycles. The third kappa shape index (κ3) is 4.35. The lowest BCUT2D eigenvalue weighted by Crippen LogP contribution is -2.28. The Morgan fingerprint density at radius 2 is 2.00 bits per heavy atom. The zero-order valence-electron chi connectivity index (χ0n) is 12.6. The molecule has 1 heteroatoms. The van der Waals surface area contributed by atoms with E-state index in [0.717, 1.165) is 11.8 Å². The van der Waals surface area contributed by atoms with E-state index in [0.29, 0.717) is 6.04 Å². The van der Waals surface area contributed by atoms with Crippen molar-refractivity contribution in [2.24, 2.45) is 11.8 Å². The Morgan fingerprint density at radius 1 is 1.21 bits per heavy atom. The van der Waals surface area contributed by atoms with Crippen LogP contribution < -0.4 is 5.32 Å². The molecule has 2 rings (SSSR count). The molecule has 0 amide bonds. The first-order valence-electron chi connectivity index (χ1n) is 8.09. The molecule has 1 fully saturated rings. The highest BCUT2D eigenvalue weighted by molar-refractivity contribution is 5.18. The fourth-order valence-corrected chi connectivity index (χ4v) is 3.30. The lowest BCUT2D eigenvalue weighted by Gasteiger charge is -2.23. The maximum atomic E-state index is 3.84. The number of nitrogens with one attached hydrogen (secondary N) is 1. The molecule has 3 atom stereocenters. The Labute approximate surface area is 118 Å². The molecule has 1 aliphatic carbocycles. The molecule has 0 aromatic heterocycles. The highest BCUT2D eigenvalue weighted by Crippen LogP contribution is 2.31. The van der Waals surface area contributed by atoms with E-state index in [1.807, 2.05) is 0 Å². The molecule has 19 heavy (non-hydrogen) atoms. The Morgan fingerprint density at radius 3 is 2.63 bits per heavy atom. The van der Waals surface area contributed by atoms with Crippen LogP contribution in [0.15, 0.2) is 30.3 Å². The monoisotopic (exact) mass is 259 g/mol. The second-order valence-corrected chi connectivity index (χ2v) is 6.18. The van der Waals surface area contributed by atoms with E-state index in [9.17, 15) is 0 Å². The van der Waals surface area contributed by atoms with Crippen molar-refractivity contribution in [3.8, 4) is 0 Å². The van der Waals surface area contributed by atoms with Crippen LogP contribution in [0.1, 0.15) is 64.0 Å². The summed E-state index contributed by atoms with van der Waals surface area (Å²) in [5.41, 5.74) is 1.46. The van der Waals surface area contributed by atoms with Crippen LogP contribution in [-0.4, -0.2) is 6.54 Å². The smallest absolute Gasteiger partial charge is 0.0320 e. The lowest BCUT2D eigenvalue weighted by atomic mass is 9.96. The Hall–Kier alpha value is -0.820. The molecule has 0 bridgehead atoms. The molecule has 0 spiro atoms. The summed E-state index contributed by atoms with van der Waals surface area (Å²) in [6.07, 6.45) is 8.14. The van der Waals surface area contributed by atoms with Crippen molar-refractivity contribution in [1.82, 2.24) is 5.32 Å². The second kappa shape index (κ2) is 7.69. The van der Waals surface area contributed by atoms with Crippen molar-refractivity contribution in [3.05, 3.63) is 35.9 Å². The predicted octanol–water partition coefficient (Wildman–Crippen LogP) is 4.94. The minimum absolute atomic E-state index is 0.550. The summed E-state index contributed by atoms with van der Waals surface area (Å²) in [4.78, 5) is 0. The molecule has 1 N–H and O–H groups in total. The zero-order valence-corrected chi connectivity index (χ0v) is 12.6. The standard InChI is InChI=1S/C18H29N/c1-3-4-13-18(16-10-6-5-7-11-16)19-14-17-12-8-9-15(17)2/h5-7,10-11,15,17-19H,3-4,8-9,12-14H2,1-2H3. The summed E-state index contributed by atoms with van der Waals surface area (Å²) in [6.45, 7) is 5.90. The summed E-state index contributed by atoms with van der Waals surface area (Å²) in [7, 11) is 0. The van der Waals surface area contributed by atoms with Crippen molar-refractivity contribution >= 4 is 0 Å². The molecule has 0 aliphatic heterocycles. The van der Waals surface area contributed by atoms with Crippen LogP contribution in [0.5, 0.6) is 0 Å². The fraction of sp³-hybridized carbons (Fsp3) is 0.667. The van der Waals surface area contributed by atoms with Crippen molar-refractivity contribution < 1.29 is 0 Å². The van der Waals surface area contributed by atoms with Gasteiger partial charge in [-0.15, -0.1) is 0 Å². The minimum Gasteiger partial charge on any atom is -0.310 e. The van der Waals surface area contributed by atoms with Gasteiger partial charge in [-0.1, -0.05) is 69.9 Å². The zero-order chi connectivity index (χ0) is 13.5. The molecular formula is C18H29N. The molecule has 106 valence electrons. The molecule has 1 aliphatic rings. The summed E-state index contributed by atoms with van der Waals surface area (Å²) in [5, 5.41) is 3.84. The summed E-state index contributed by atoms with van der Waals surface area (Å²) in [5.74, 6) is 1.81. The number of hydrogen-bond donors (Lipinski definition) is 1. The molecule has 1 saturated carbocycles. The van der Waals surface area contributed by atoms with Gasteiger partial charge in [0, 0.05) is 6.04 Å². The Balaban J connectivity index is 1.90. The average Bonchev–Trinajstić information content (AvgIpc) is 2.85. The van der Waals surface area contributed by atoms with Crippen LogP contribution in [0, 0.1) is 11.8 Å². The molecule has 1 aromatic rings. The first-order valence-corrected chi connectivity index (χ1v) is 8.09. The summed E-state index contributed by atoms with van der Waals surface area (Å²) >= 11 is 0. The van der Waals surface area contributed by atoms with Crippen LogP contribution in [0.3, 0.4) is 0 Å². The Kier molecular flexibility index (Phi) is 5.91.